The van der Waals surface area contributed by atoms with Crippen LogP contribution in [0.2, 0.25) is 0 Å². The highest BCUT2D eigenvalue weighted by molar-refractivity contribution is 6.25. The van der Waals surface area contributed by atoms with E-state index in [0.717, 1.165) is 11.1 Å². The van der Waals surface area contributed by atoms with Gasteiger partial charge in [0.15, 0.2) is 23.1 Å². The van der Waals surface area contributed by atoms with Gasteiger partial charge in [0.05, 0.1) is 5.57 Å². The van der Waals surface area contributed by atoms with Crippen molar-refractivity contribution in [3.05, 3.63) is 28.8 Å². The first kappa shape index (κ1) is 13.9. The monoisotopic (exact) mass is 286 g/mol. The summed E-state index contributed by atoms with van der Waals surface area (Å²) in [5.74, 6) is 1.21. The Labute approximate surface area is 123 Å². The molecule has 2 aliphatic rings. The molecule has 0 atom stereocenters. The maximum atomic E-state index is 12.2. The molecule has 1 saturated carbocycles. The van der Waals surface area contributed by atoms with E-state index in [9.17, 15) is 9.59 Å². The normalized spacial score (nSPS) is 19.9. The molecule has 0 spiro atoms. The minimum absolute atomic E-state index is 0.0756. The quantitative estimate of drug-likeness (QED) is 0.588. The van der Waals surface area contributed by atoms with Crippen molar-refractivity contribution in [1.82, 2.24) is 0 Å². The number of ether oxygens (including phenoxy) is 2. The van der Waals surface area contributed by atoms with Gasteiger partial charge in [0.2, 0.25) is 6.79 Å². The van der Waals surface area contributed by atoms with E-state index >= 15 is 0 Å². The number of carbonyl (C=O) groups is 2. The van der Waals surface area contributed by atoms with Crippen molar-refractivity contribution in [3.63, 3.8) is 0 Å². The fourth-order valence-electron chi connectivity index (χ4n) is 2.81. The van der Waals surface area contributed by atoms with Gasteiger partial charge in [-0.3, -0.25) is 9.59 Å². The summed E-state index contributed by atoms with van der Waals surface area (Å²) < 4.78 is 10.7. The molecule has 0 saturated heterocycles. The number of aryl methyl sites for hydroxylation is 1. The maximum Gasteiger partial charge on any atom is 0.231 e. The minimum Gasteiger partial charge on any atom is -0.454 e. The molecular formula is C17H18O4. The van der Waals surface area contributed by atoms with Crippen LogP contribution in [0.15, 0.2) is 17.7 Å². The van der Waals surface area contributed by atoms with Gasteiger partial charge in [-0.15, -0.1) is 0 Å². The van der Waals surface area contributed by atoms with Crippen LogP contribution in [-0.4, -0.2) is 18.4 Å². The van der Waals surface area contributed by atoms with Crippen LogP contribution in [0.25, 0.3) is 6.08 Å². The molecule has 0 amide bonds. The zero-order valence-electron chi connectivity index (χ0n) is 12.5. The molecule has 0 unspecified atom stereocenters. The average Bonchev–Trinajstić information content (AvgIpc) is 2.79. The van der Waals surface area contributed by atoms with Gasteiger partial charge in [-0.25, -0.2) is 0 Å². The van der Waals surface area contributed by atoms with E-state index in [4.69, 9.17) is 9.47 Å². The molecule has 4 heteroatoms. The molecule has 1 aliphatic heterocycles. The summed E-state index contributed by atoms with van der Waals surface area (Å²) in [5, 5.41) is 0. The van der Waals surface area contributed by atoms with Crippen molar-refractivity contribution in [3.8, 4) is 11.5 Å². The second-order valence-corrected chi connectivity index (χ2v) is 6.48. The number of hydrogen-bond donors (Lipinski definition) is 0. The lowest BCUT2D eigenvalue weighted by Gasteiger charge is -2.28. The van der Waals surface area contributed by atoms with Crippen LogP contribution in [0, 0.1) is 12.3 Å². The largest absolute Gasteiger partial charge is 0.454 e. The van der Waals surface area contributed by atoms with Gasteiger partial charge in [0.1, 0.15) is 0 Å². The number of Topliss-reactive ketones (excluding diaryl/α,β-unsaturated/α-hetero) is 2. The summed E-state index contributed by atoms with van der Waals surface area (Å²) in [6.45, 7) is 6.04. The third kappa shape index (κ3) is 2.58. The predicted molar refractivity (Wildman–Crippen MR) is 78.3 cm³/mol. The second-order valence-electron chi connectivity index (χ2n) is 6.48. The molecule has 1 aliphatic carbocycles. The van der Waals surface area contributed by atoms with Gasteiger partial charge in [-0.2, -0.15) is 0 Å². The molecule has 0 aromatic heterocycles. The number of hydrogen-bond acceptors (Lipinski definition) is 4. The van der Waals surface area contributed by atoms with Crippen molar-refractivity contribution >= 4 is 17.6 Å². The lowest BCUT2D eigenvalue weighted by molar-refractivity contribution is -0.127. The first-order valence-corrected chi connectivity index (χ1v) is 7.04. The van der Waals surface area contributed by atoms with E-state index in [1.807, 2.05) is 32.9 Å². The Kier molecular flexibility index (Phi) is 3.12. The highest BCUT2D eigenvalue weighted by atomic mass is 16.7. The van der Waals surface area contributed by atoms with Crippen LogP contribution in [-0.2, 0) is 9.59 Å². The van der Waals surface area contributed by atoms with Gasteiger partial charge in [-0.1, -0.05) is 13.8 Å². The molecule has 0 bridgehead atoms. The lowest BCUT2D eigenvalue weighted by atomic mass is 9.73. The highest BCUT2D eigenvalue weighted by Crippen LogP contribution is 2.37. The van der Waals surface area contributed by atoms with Crippen LogP contribution >= 0.6 is 0 Å². The summed E-state index contributed by atoms with van der Waals surface area (Å²) in [6.07, 6.45) is 2.51. The molecular weight excluding hydrogens is 268 g/mol. The topological polar surface area (TPSA) is 52.6 Å². The van der Waals surface area contributed by atoms with Gasteiger partial charge in [0.25, 0.3) is 0 Å². The van der Waals surface area contributed by atoms with Crippen molar-refractivity contribution in [2.75, 3.05) is 6.79 Å². The van der Waals surface area contributed by atoms with Crippen LogP contribution in [0.1, 0.15) is 37.8 Å². The maximum absolute atomic E-state index is 12.2. The van der Waals surface area contributed by atoms with E-state index in [0.29, 0.717) is 29.9 Å². The molecule has 0 N–H and O–H groups in total. The molecule has 110 valence electrons. The number of carbonyl (C=O) groups excluding carboxylic acids is 2. The number of fused-ring (bicyclic) bond motifs is 1. The molecule has 3 rings (SSSR count). The summed E-state index contributed by atoms with van der Waals surface area (Å²) in [5.41, 5.74) is 1.85. The van der Waals surface area contributed by atoms with Crippen LogP contribution < -0.4 is 9.47 Å². The van der Waals surface area contributed by atoms with Crippen molar-refractivity contribution in [2.45, 2.75) is 33.6 Å². The summed E-state index contributed by atoms with van der Waals surface area (Å²) in [7, 11) is 0. The molecule has 0 radical (unpaired) electrons. The Morgan fingerprint density at radius 3 is 2.24 bits per heavy atom. The van der Waals surface area contributed by atoms with Crippen molar-refractivity contribution in [2.24, 2.45) is 5.41 Å². The van der Waals surface area contributed by atoms with Crippen LogP contribution in [0.5, 0.6) is 11.5 Å². The minimum atomic E-state index is -0.241. The zero-order chi connectivity index (χ0) is 15.2. The SMILES string of the molecule is Cc1cc2c(cc1C=C1C(=O)CC(C)(C)CC1=O)OCO2. The van der Waals surface area contributed by atoms with Gasteiger partial charge >= 0.3 is 0 Å². The summed E-state index contributed by atoms with van der Waals surface area (Å²) in [6, 6.07) is 3.70. The number of rotatable bonds is 1. The van der Waals surface area contributed by atoms with E-state index < -0.39 is 0 Å². The molecule has 1 aromatic rings. The third-order valence-corrected chi connectivity index (χ3v) is 3.94. The molecule has 4 nitrogen and oxygen atoms in total. The second kappa shape index (κ2) is 4.72. The predicted octanol–water partition coefficient (Wildman–Crippen LogP) is 3.07. The van der Waals surface area contributed by atoms with Gasteiger partial charge < -0.3 is 9.47 Å². The fraction of sp³-hybridized carbons (Fsp3) is 0.412. The third-order valence-electron chi connectivity index (χ3n) is 3.94. The van der Waals surface area contributed by atoms with E-state index in [2.05, 4.69) is 0 Å². The molecule has 1 fully saturated rings. The summed E-state index contributed by atoms with van der Waals surface area (Å²) in [4.78, 5) is 24.4. The molecule has 21 heavy (non-hydrogen) atoms. The van der Waals surface area contributed by atoms with Crippen molar-refractivity contribution < 1.29 is 19.1 Å². The average molecular weight is 286 g/mol. The molecule has 1 aromatic carbocycles. The van der Waals surface area contributed by atoms with E-state index in [1.54, 1.807) is 6.08 Å². The lowest BCUT2D eigenvalue weighted by Crippen LogP contribution is -2.31. The van der Waals surface area contributed by atoms with E-state index in [-0.39, 0.29) is 23.8 Å². The van der Waals surface area contributed by atoms with Crippen molar-refractivity contribution in [1.29, 1.82) is 0 Å². The summed E-state index contributed by atoms with van der Waals surface area (Å²) >= 11 is 0. The highest BCUT2D eigenvalue weighted by Gasteiger charge is 2.35. The Morgan fingerprint density at radius 2 is 1.62 bits per heavy atom. The Bertz CT molecular complexity index is 646. The van der Waals surface area contributed by atoms with E-state index in [1.165, 1.54) is 0 Å². The fourth-order valence-corrected chi connectivity index (χ4v) is 2.81. The standard InChI is InChI=1S/C17H18O4/c1-10-4-15-16(21-9-20-15)6-11(10)5-12-13(18)7-17(2,3)8-14(12)19/h4-6H,7-9H2,1-3H3. The van der Waals surface area contributed by atoms with Gasteiger partial charge in [0, 0.05) is 12.8 Å². The number of benzene rings is 1. The first-order chi connectivity index (χ1) is 9.85. The first-order valence-electron chi connectivity index (χ1n) is 7.04. The van der Waals surface area contributed by atoms with Gasteiger partial charge in [-0.05, 0) is 41.7 Å². The Hall–Kier alpha value is -2.10. The zero-order valence-corrected chi connectivity index (χ0v) is 12.5. The Morgan fingerprint density at radius 1 is 1.05 bits per heavy atom. The smallest absolute Gasteiger partial charge is 0.231 e. The molecule has 1 heterocycles. The van der Waals surface area contributed by atoms with Crippen LogP contribution in [0.3, 0.4) is 0 Å². The Balaban J connectivity index is 1.99. The number of allylic oxidation sites excluding steroid dienone is 1. The number of ketones is 2. The van der Waals surface area contributed by atoms with Crippen LogP contribution in [0.4, 0.5) is 0 Å².